The fourth-order valence-electron chi connectivity index (χ4n) is 4.07. The van der Waals surface area contributed by atoms with E-state index in [1.165, 1.54) is 56.3 Å². The molecule has 1 N–H and O–H groups in total. The van der Waals surface area contributed by atoms with Gasteiger partial charge in [-0.05, 0) is 51.4 Å². The molecule has 1 aromatic rings. The zero-order valence-corrected chi connectivity index (χ0v) is 19.2. The third-order valence-corrected chi connectivity index (χ3v) is 7.62. The Kier molecular flexibility index (Phi) is 9.39. The molecular weight excluding hydrogens is 400 g/mol. The first-order valence-corrected chi connectivity index (χ1v) is 12.8. The number of likely N-dealkylation sites (N-methyl/N-ethyl adjacent to an activating group) is 1. The van der Waals surface area contributed by atoms with Crippen LogP contribution in [0.15, 0.2) is 30.3 Å². The van der Waals surface area contributed by atoms with Crippen molar-refractivity contribution in [2.24, 2.45) is 0 Å². The summed E-state index contributed by atoms with van der Waals surface area (Å²) in [5.74, 6) is 0. The lowest BCUT2D eigenvalue weighted by Crippen LogP contribution is -2.44. The summed E-state index contributed by atoms with van der Waals surface area (Å²) in [4.78, 5) is 4.97. The summed E-state index contributed by atoms with van der Waals surface area (Å²) in [5, 5.41) is 0. The predicted octanol–water partition coefficient (Wildman–Crippen LogP) is 2.63. The van der Waals surface area contributed by atoms with Crippen LogP contribution >= 0.6 is 0 Å². The van der Waals surface area contributed by atoms with Crippen LogP contribution in [-0.4, -0.2) is 88.1 Å². The SMILES string of the molecule is CN1CCN(CCCCCCOC2CCN(S(=O)(=O)Nc3ccccc3)CC2)CC1. The lowest BCUT2D eigenvalue weighted by atomic mass is 10.1. The van der Waals surface area contributed by atoms with Crippen LogP contribution in [0.5, 0.6) is 0 Å². The predicted molar refractivity (Wildman–Crippen MR) is 122 cm³/mol. The van der Waals surface area contributed by atoms with E-state index >= 15 is 0 Å². The van der Waals surface area contributed by atoms with E-state index < -0.39 is 10.2 Å². The number of nitrogens with zero attached hydrogens (tertiary/aromatic N) is 3. The molecule has 0 unspecified atom stereocenters. The van der Waals surface area contributed by atoms with E-state index in [1.807, 2.05) is 18.2 Å². The van der Waals surface area contributed by atoms with Gasteiger partial charge in [-0.1, -0.05) is 31.0 Å². The first kappa shape index (κ1) is 23.5. The lowest BCUT2D eigenvalue weighted by molar-refractivity contribution is 0.0192. The monoisotopic (exact) mass is 438 g/mol. The molecule has 0 aromatic heterocycles. The fourth-order valence-corrected chi connectivity index (χ4v) is 5.33. The summed E-state index contributed by atoms with van der Waals surface area (Å²) < 4.78 is 35.2. The maximum absolute atomic E-state index is 12.5. The number of para-hydroxylation sites is 1. The molecule has 0 amide bonds. The Morgan fingerprint density at radius 2 is 1.60 bits per heavy atom. The zero-order chi connectivity index (χ0) is 21.2. The van der Waals surface area contributed by atoms with Crippen LogP contribution < -0.4 is 4.72 Å². The van der Waals surface area contributed by atoms with Gasteiger partial charge in [-0.2, -0.15) is 12.7 Å². The van der Waals surface area contributed by atoms with E-state index in [2.05, 4.69) is 21.6 Å². The number of rotatable bonds is 11. The molecule has 2 aliphatic heterocycles. The zero-order valence-electron chi connectivity index (χ0n) is 18.3. The van der Waals surface area contributed by atoms with Crippen LogP contribution in [-0.2, 0) is 14.9 Å². The Morgan fingerprint density at radius 1 is 0.933 bits per heavy atom. The van der Waals surface area contributed by atoms with Gasteiger partial charge >= 0.3 is 10.2 Å². The van der Waals surface area contributed by atoms with Gasteiger partial charge in [0.15, 0.2) is 0 Å². The summed E-state index contributed by atoms with van der Waals surface area (Å²) >= 11 is 0. The molecule has 170 valence electrons. The number of hydrogen-bond acceptors (Lipinski definition) is 5. The molecule has 0 atom stereocenters. The van der Waals surface area contributed by atoms with Gasteiger partial charge in [-0.3, -0.25) is 4.72 Å². The standard InChI is InChI=1S/C22H38N4O3S/c1-24-16-18-25(19-17-24)13-7-2-3-8-20-29-22-11-14-26(15-12-22)30(27,28)23-21-9-5-4-6-10-21/h4-6,9-10,22-23H,2-3,7-8,11-20H2,1H3. The van der Waals surface area contributed by atoms with Gasteiger partial charge in [0.05, 0.1) is 6.10 Å². The van der Waals surface area contributed by atoms with Crippen LogP contribution in [0.3, 0.4) is 0 Å². The molecule has 0 aliphatic carbocycles. The van der Waals surface area contributed by atoms with Crippen LogP contribution in [0.4, 0.5) is 5.69 Å². The summed E-state index contributed by atoms with van der Waals surface area (Å²) in [6, 6.07) is 9.04. The van der Waals surface area contributed by atoms with Crippen LogP contribution in [0, 0.1) is 0 Å². The van der Waals surface area contributed by atoms with Crippen LogP contribution in [0.25, 0.3) is 0 Å². The molecule has 0 saturated carbocycles. The molecule has 3 rings (SSSR count). The van der Waals surface area contributed by atoms with E-state index in [1.54, 1.807) is 12.1 Å². The van der Waals surface area contributed by atoms with Crippen molar-refractivity contribution in [3.05, 3.63) is 30.3 Å². The van der Waals surface area contributed by atoms with Gasteiger partial charge in [-0.15, -0.1) is 0 Å². The second kappa shape index (κ2) is 12.0. The summed E-state index contributed by atoms with van der Waals surface area (Å²) in [7, 11) is -1.29. The Morgan fingerprint density at radius 3 is 2.30 bits per heavy atom. The highest BCUT2D eigenvalue weighted by atomic mass is 32.2. The smallest absolute Gasteiger partial charge is 0.301 e. The van der Waals surface area contributed by atoms with Crippen LogP contribution in [0.1, 0.15) is 38.5 Å². The summed E-state index contributed by atoms with van der Waals surface area (Å²) in [6.07, 6.45) is 6.54. The Labute approximate surface area is 182 Å². The highest BCUT2D eigenvalue weighted by Crippen LogP contribution is 2.19. The van der Waals surface area contributed by atoms with E-state index in [4.69, 9.17) is 4.74 Å². The number of anilines is 1. The number of unbranched alkanes of at least 4 members (excludes halogenated alkanes) is 3. The van der Waals surface area contributed by atoms with E-state index in [0.717, 1.165) is 25.9 Å². The second-order valence-electron chi connectivity index (χ2n) is 8.50. The minimum absolute atomic E-state index is 0.179. The van der Waals surface area contributed by atoms with Crippen molar-refractivity contribution in [3.63, 3.8) is 0 Å². The quantitative estimate of drug-likeness (QED) is 0.538. The molecule has 2 aliphatic rings. The average molecular weight is 439 g/mol. The highest BCUT2D eigenvalue weighted by Gasteiger charge is 2.28. The maximum Gasteiger partial charge on any atom is 0.301 e. The lowest BCUT2D eigenvalue weighted by Gasteiger charge is -2.32. The number of hydrogen-bond donors (Lipinski definition) is 1. The number of piperidine rings is 1. The average Bonchev–Trinajstić information content (AvgIpc) is 2.75. The van der Waals surface area contributed by atoms with Gasteiger partial charge in [0.1, 0.15) is 0 Å². The molecule has 8 heteroatoms. The van der Waals surface area contributed by atoms with E-state index in [9.17, 15) is 8.42 Å². The minimum Gasteiger partial charge on any atom is -0.378 e. The molecule has 0 bridgehead atoms. The topological polar surface area (TPSA) is 65.1 Å². The Balaban J connectivity index is 1.22. The molecule has 0 spiro atoms. The van der Waals surface area contributed by atoms with Gasteiger partial charge in [0.2, 0.25) is 0 Å². The molecule has 2 heterocycles. The molecule has 0 radical (unpaired) electrons. The Hall–Kier alpha value is -1.19. The normalized spacial score (nSPS) is 20.4. The minimum atomic E-state index is -3.49. The van der Waals surface area contributed by atoms with Crippen molar-refractivity contribution < 1.29 is 13.2 Å². The van der Waals surface area contributed by atoms with Gasteiger partial charge < -0.3 is 14.5 Å². The number of ether oxygens (including phenoxy) is 1. The number of nitrogens with one attached hydrogen (secondary N) is 1. The van der Waals surface area contributed by atoms with E-state index in [0.29, 0.717) is 18.8 Å². The van der Waals surface area contributed by atoms with Crippen molar-refractivity contribution >= 4 is 15.9 Å². The molecule has 1 aromatic carbocycles. The van der Waals surface area contributed by atoms with Gasteiger partial charge in [0, 0.05) is 51.6 Å². The van der Waals surface area contributed by atoms with Crippen LogP contribution in [0.2, 0.25) is 0 Å². The highest BCUT2D eigenvalue weighted by molar-refractivity contribution is 7.90. The van der Waals surface area contributed by atoms with Crippen molar-refractivity contribution in [1.29, 1.82) is 0 Å². The summed E-state index contributed by atoms with van der Waals surface area (Å²) in [5.41, 5.74) is 0.600. The first-order chi connectivity index (χ1) is 14.5. The third kappa shape index (κ3) is 7.81. The van der Waals surface area contributed by atoms with Gasteiger partial charge in [0.25, 0.3) is 0 Å². The molecule has 30 heavy (non-hydrogen) atoms. The number of piperazine rings is 1. The molecule has 2 saturated heterocycles. The fraction of sp³-hybridized carbons (Fsp3) is 0.727. The van der Waals surface area contributed by atoms with Crippen molar-refractivity contribution in [3.8, 4) is 0 Å². The second-order valence-corrected chi connectivity index (χ2v) is 10.2. The van der Waals surface area contributed by atoms with E-state index in [-0.39, 0.29) is 6.10 Å². The Bertz CT molecular complexity index is 700. The molecule has 7 nitrogen and oxygen atoms in total. The summed E-state index contributed by atoms with van der Waals surface area (Å²) in [6.45, 7) is 7.82. The van der Waals surface area contributed by atoms with Crippen molar-refractivity contribution in [1.82, 2.24) is 14.1 Å². The first-order valence-electron chi connectivity index (χ1n) is 11.4. The van der Waals surface area contributed by atoms with Gasteiger partial charge in [-0.25, -0.2) is 0 Å². The van der Waals surface area contributed by atoms with Crippen molar-refractivity contribution in [2.45, 2.75) is 44.6 Å². The third-order valence-electron chi connectivity index (χ3n) is 6.08. The van der Waals surface area contributed by atoms with Crippen molar-refractivity contribution in [2.75, 3.05) is 64.2 Å². The molecular formula is C22H38N4O3S. The maximum atomic E-state index is 12.5. The largest absolute Gasteiger partial charge is 0.378 e. The number of benzene rings is 1. The molecule has 2 fully saturated rings.